The lowest BCUT2D eigenvalue weighted by Gasteiger charge is -2.33. The van der Waals surface area contributed by atoms with Crippen LogP contribution in [0.2, 0.25) is 0 Å². The van der Waals surface area contributed by atoms with Crippen LogP contribution >= 0.6 is 24.8 Å². The summed E-state index contributed by atoms with van der Waals surface area (Å²) >= 11 is 0. The molecule has 1 saturated heterocycles. The van der Waals surface area contributed by atoms with Crippen molar-refractivity contribution >= 4 is 30.5 Å². The zero-order valence-electron chi connectivity index (χ0n) is 11.1. The normalized spacial score (nSPS) is 16.5. The molecule has 21 heavy (non-hydrogen) atoms. The summed E-state index contributed by atoms with van der Waals surface area (Å²) in [6, 6.07) is 2.59. The first-order chi connectivity index (χ1) is 9.13. The van der Waals surface area contributed by atoms with Gasteiger partial charge in [-0.2, -0.15) is 0 Å². The molecule has 1 aromatic rings. The lowest BCUT2D eigenvalue weighted by Crippen LogP contribution is -2.45. The highest BCUT2D eigenvalue weighted by Crippen LogP contribution is 2.30. The van der Waals surface area contributed by atoms with Crippen molar-refractivity contribution in [3.63, 3.8) is 0 Å². The number of nitro benzene ring substituents is 1. The molecule has 0 saturated carbocycles. The molecule has 0 unspecified atom stereocenters. The molecule has 1 fully saturated rings. The van der Waals surface area contributed by atoms with E-state index in [4.69, 9.17) is 0 Å². The molecule has 120 valence electrons. The van der Waals surface area contributed by atoms with Gasteiger partial charge in [-0.15, -0.1) is 24.8 Å². The van der Waals surface area contributed by atoms with Crippen molar-refractivity contribution in [2.24, 2.45) is 0 Å². The van der Waals surface area contributed by atoms with Crippen molar-refractivity contribution in [2.45, 2.75) is 6.04 Å². The topological polar surface area (TPSA) is 58.4 Å². The molecular weight excluding hydrogens is 327 g/mol. The molecule has 1 N–H and O–H groups in total. The largest absolute Gasteiger partial charge is 0.314 e. The van der Waals surface area contributed by atoms with Crippen LogP contribution in [0.1, 0.15) is 11.6 Å². The van der Waals surface area contributed by atoms with E-state index in [9.17, 15) is 18.9 Å². The summed E-state index contributed by atoms with van der Waals surface area (Å²) in [5.74, 6) is -0.687. The van der Waals surface area contributed by atoms with Crippen LogP contribution in [-0.2, 0) is 0 Å². The van der Waals surface area contributed by atoms with Crippen molar-refractivity contribution in [3.05, 3.63) is 39.7 Å². The minimum absolute atomic E-state index is 0. The van der Waals surface area contributed by atoms with Gasteiger partial charge in [0.25, 0.3) is 5.69 Å². The number of alkyl halides is 1. The maximum absolute atomic E-state index is 13.3. The molecule has 0 spiro atoms. The summed E-state index contributed by atoms with van der Waals surface area (Å²) in [6.07, 6.45) is 0. The highest BCUT2D eigenvalue weighted by molar-refractivity contribution is 5.85. The minimum Gasteiger partial charge on any atom is -0.314 e. The van der Waals surface area contributed by atoms with E-state index in [1.807, 2.05) is 4.90 Å². The fraction of sp³-hybridized carbons (Fsp3) is 0.500. The fourth-order valence-electron chi connectivity index (χ4n) is 2.33. The third-order valence-electron chi connectivity index (χ3n) is 3.29. The first-order valence-corrected chi connectivity index (χ1v) is 6.08. The Morgan fingerprint density at radius 1 is 1.33 bits per heavy atom. The average Bonchev–Trinajstić information content (AvgIpc) is 2.42. The predicted octanol–water partition coefficient (Wildman–Crippen LogP) is 2.49. The van der Waals surface area contributed by atoms with Gasteiger partial charge in [0.15, 0.2) is 0 Å². The lowest BCUT2D eigenvalue weighted by molar-refractivity contribution is -0.386. The first-order valence-electron chi connectivity index (χ1n) is 6.08. The number of halogens is 4. The van der Waals surface area contributed by atoms with Gasteiger partial charge in [0.1, 0.15) is 12.5 Å². The van der Waals surface area contributed by atoms with Gasteiger partial charge in [-0.3, -0.25) is 15.0 Å². The van der Waals surface area contributed by atoms with Crippen LogP contribution in [0.15, 0.2) is 18.2 Å². The van der Waals surface area contributed by atoms with Crippen molar-refractivity contribution in [2.75, 3.05) is 32.9 Å². The second-order valence-corrected chi connectivity index (χ2v) is 4.42. The number of hydrogen-bond donors (Lipinski definition) is 1. The minimum atomic E-state index is -0.730. The number of nitrogens with zero attached hydrogens (tertiary/aromatic N) is 2. The highest BCUT2D eigenvalue weighted by atomic mass is 35.5. The van der Waals surface area contributed by atoms with Crippen LogP contribution in [0.3, 0.4) is 0 Å². The number of piperazine rings is 1. The molecule has 0 radical (unpaired) electrons. The number of nitrogens with one attached hydrogen (secondary N) is 1. The third kappa shape index (κ3) is 4.74. The second kappa shape index (κ2) is 9.09. The zero-order chi connectivity index (χ0) is 13.8. The van der Waals surface area contributed by atoms with Crippen LogP contribution in [0.25, 0.3) is 0 Å². The molecule has 0 aliphatic carbocycles. The summed E-state index contributed by atoms with van der Waals surface area (Å²) in [7, 11) is 0. The van der Waals surface area contributed by atoms with Crippen LogP contribution in [-0.4, -0.2) is 42.7 Å². The van der Waals surface area contributed by atoms with Gasteiger partial charge in [0.05, 0.1) is 17.0 Å². The van der Waals surface area contributed by atoms with Gasteiger partial charge in [0, 0.05) is 31.7 Å². The van der Waals surface area contributed by atoms with Crippen LogP contribution in [0, 0.1) is 15.9 Å². The molecule has 1 atom stereocenters. The van der Waals surface area contributed by atoms with E-state index in [-0.39, 0.29) is 36.1 Å². The van der Waals surface area contributed by atoms with Gasteiger partial charge in [-0.05, 0) is 12.1 Å². The van der Waals surface area contributed by atoms with E-state index in [2.05, 4.69) is 5.32 Å². The van der Waals surface area contributed by atoms with Crippen LogP contribution < -0.4 is 5.32 Å². The lowest BCUT2D eigenvalue weighted by atomic mass is 10.0. The van der Waals surface area contributed by atoms with Gasteiger partial charge in [-0.1, -0.05) is 0 Å². The van der Waals surface area contributed by atoms with Crippen LogP contribution in [0.5, 0.6) is 0 Å². The van der Waals surface area contributed by atoms with E-state index < -0.39 is 23.5 Å². The third-order valence-corrected chi connectivity index (χ3v) is 3.29. The summed E-state index contributed by atoms with van der Waals surface area (Å²) in [5.41, 5.74) is -0.128. The van der Waals surface area contributed by atoms with Crippen LogP contribution in [0.4, 0.5) is 14.5 Å². The summed E-state index contributed by atoms with van der Waals surface area (Å²) in [6.45, 7) is 1.93. The molecule has 0 amide bonds. The maximum Gasteiger partial charge on any atom is 0.277 e. The Balaban J connectivity index is 0.00000200. The van der Waals surface area contributed by atoms with Gasteiger partial charge >= 0.3 is 0 Å². The Morgan fingerprint density at radius 2 is 1.95 bits per heavy atom. The number of nitro groups is 1. The zero-order valence-corrected chi connectivity index (χ0v) is 12.8. The van der Waals surface area contributed by atoms with Crippen molar-refractivity contribution in [1.82, 2.24) is 10.2 Å². The Labute approximate surface area is 133 Å². The Hall–Kier alpha value is -1.02. The molecule has 5 nitrogen and oxygen atoms in total. The van der Waals surface area contributed by atoms with Gasteiger partial charge in [0.2, 0.25) is 0 Å². The van der Waals surface area contributed by atoms with Gasteiger partial charge < -0.3 is 5.32 Å². The van der Waals surface area contributed by atoms with E-state index in [1.165, 1.54) is 6.07 Å². The first kappa shape index (κ1) is 20.0. The number of rotatable bonds is 4. The fourth-order valence-corrected chi connectivity index (χ4v) is 2.33. The second-order valence-electron chi connectivity index (χ2n) is 4.42. The Bertz CT molecular complexity index is 474. The Morgan fingerprint density at radius 3 is 2.48 bits per heavy atom. The predicted molar refractivity (Wildman–Crippen MR) is 80.7 cm³/mol. The molecule has 0 bridgehead atoms. The van der Waals surface area contributed by atoms with Crippen molar-refractivity contribution in [1.29, 1.82) is 0 Å². The van der Waals surface area contributed by atoms with E-state index in [0.29, 0.717) is 26.2 Å². The smallest absolute Gasteiger partial charge is 0.277 e. The SMILES string of the molecule is Cl.Cl.O=[N+]([O-])c1cc(F)ccc1[C@@H](CF)N1CCNCC1. The van der Waals surface area contributed by atoms with E-state index in [0.717, 1.165) is 12.1 Å². The quantitative estimate of drug-likeness (QED) is 0.674. The maximum atomic E-state index is 13.3. The summed E-state index contributed by atoms with van der Waals surface area (Å²) < 4.78 is 26.4. The van der Waals surface area contributed by atoms with Crippen molar-refractivity contribution < 1.29 is 13.7 Å². The Kier molecular flexibility index (Phi) is 8.65. The standard InChI is InChI=1S/C12H15F2N3O2.2ClH/c13-8-12(16-5-3-15-4-6-16)10-2-1-9(14)7-11(10)17(18)19;;/h1-2,7,12,15H,3-6,8H2;2*1H/t12-;;/m1../s1. The highest BCUT2D eigenvalue weighted by Gasteiger charge is 2.28. The molecule has 1 aliphatic rings. The molecule has 1 aliphatic heterocycles. The molecule has 1 heterocycles. The number of hydrogen-bond acceptors (Lipinski definition) is 4. The van der Waals surface area contributed by atoms with E-state index in [1.54, 1.807) is 0 Å². The molecule has 2 rings (SSSR count). The molecule has 1 aromatic carbocycles. The summed E-state index contributed by atoms with van der Waals surface area (Å²) in [5, 5.41) is 14.1. The molecule has 9 heteroatoms. The monoisotopic (exact) mass is 343 g/mol. The molecule has 0 aromatic heterocycles. The molecular formula is C12H17Cl2F2N3O2. The van der Waals surface area contributed by atoms with E-state index >= 15 is 0 Å². The van der Waals surface area contributed by atoms with Gasteiger partial charge in [-0.25, -0.2) is 8.78 Å². The average molecular weight is 344 g/mol. The number of benzene rings is 1. The summed E-state index contributed by atoms with van der Waals surface area (Å²) in [4.78, 5) is 12.1. The van der Waals surface area contributed by atoms with Crippen molar-refractivity contribution in [3.8, 4) is 0 Å².